The first-order valence-corrected chi connectivity index (χ1v) is 4.64. The number of alkyl halides is 1. The lowest BCUT2D eigenvalue weighted by atomic mass is 10.0. The minimum atomic E-state index is -0.962. The van der Waals surface area contributed by atoms with Crippen molar-refractivity contribution in [2.45, 2.75) is 22.2 Å². The monoisotopic (exact) mass is 274 g/mol. The predicted molar refractivity (Wildman–Crippen MR) is 46.6 cm³/mol. The highest BCUT2D eigenvalue weighted by atomic mass is 127. The Morgan fingerprint density at radius 3 is 2.55 bits per heavy atom. The second kappa shape index (κ2) is 3.99. The van der Waals surface area contributed by atoms with Crippen molar-refractivity contribution in [1.29, 1.82) is 0 Å². The van der Waals surface area contributed by atoms with Crippen LogP contribution >= 0.6 is 22.6 Å². The van der Waals surface area contributed by atoms with Gasteiger partial charge in [-0.05, 0) is 0 Å². The van der Waals surface area contributed by atoms with Crippen LogP contribution in [0.1, 0.15) is 0 Å². The van der Waals surface area contributed by atoms with Gasteiger partial charge in [-0.3, -0.25) is 0 Å². The highest BCUT2D eigenvalue weighted by molar-refractivity contribution is 14.1. The van der Waals surface area contributed by atoms with Crippen molar-refractivity contribution in [3.05, 3.63) is 0 Å². The van der Waals surface area contributed by atoms with Crippen LogP contribution < -0.4 is 0 Å². The second-order valence-electron chi connectivity index (χ2n) is 2.55. The SMILES string of the molecule is OCC1OCC(I)C(O)C1O. The molecule has 0 saturated carbocycles. The molecule has 1 heterocycles. The molecule has 0 aliphatic carbocycles. The first kappa shape index (κ1) is 9.66. The molecule has 4 unspecified atom stereocenters. The van der Waals surface area contributed by atoms with E-state index in [9.17, 15) is 10.2 Å². The van der Waals surface area contributed by atoms with Crippen molar-refractivity contribution >= 4 is 22.6 Å². The van der Waals surface area contributed by atoms with Crippen LogP contribution in [0.15, 0.2) is 0 Å². The largest absolute Gasteiger partial charge is 0.394 e. The van der Waals surface area contributed by atoms with E-state index < -0.39 is 18.3 Å². The summed E-state index contributed by atoms with van der Waals surface area (Å²) in [6.07, 6.45) is -2.38. The molecule has 1 saturated heterocycles. The number of halogens is 1. The maximum Gasteiger partial charge on any atom is 0.109 e. The molecule has 66 valence electrons. The van der Waals surface area contributed by atoms with Gasteiger partial charge in [-0.15, -0.1) is 0 Å². The van der Waals surface area contributed by atoms with Crippen LogP contribution in [0, 0.1) is 0 Å². The number of ether oxygens (including phenoxy) is 1. The van der Waals surface area contributed by atoms with Crippen LogP contribution in [0.25, 0.3) is 0 Å². The Kier molecular flexibility index (Phi) is 3.51. The number of aliphatic hydroxyl groups is 3. The average Bonchev–Trinajstić information content (AvgIpc) is 2.01. The van der Waals surface area contributed by atoms with Gasteiger partial charge in [0, 0.05) is 0 Å². The molecule has 4 atom stereocenters. The molecule has 0 amide bonds. The van der Waals surface area contributed by atoms with Gasteiger partial charge in [-0.1, -0.05) is 22.6 Å². The van der Waals surface area contributed by atoms with Crippen molar-refractivity contribution in [3.63, 3.8) is 0 Å². The van der Waals surface area contributed by atoms with Crippen molar-refractivity contribution < 1.29 is 20.1 Å². The fourth-order valence-electron chi connectivity index (χ4n) is 1.01. The molecule has 1 aliphatic heterocycles. The molecule has 0 spiro atoms. The van der Waals surface area contributed by atoms with Gasteiger partial charge in [-0.2, -0.15) is 0 Å². The van der Waals surface area contributed by atoms with Crippen molar-refractivity contribution in [3.8, 4) is 0 Å². The Morgan fingerprint density at radius 2 is 2.00 bits per heavy atom. The summed E-state index contributed by atoms with van der Waals surface area (Å²) < 4.78 is 4.96. The van der Waals surface area contributed by atoms with Gasteiger partial charge in [0.2, 0.25) is 0 Å². The Balaban J connectivity index is 2.52. The van der Waals surface area contributed by atoms with Gasteiger partial charge in [0.05, 0.1) is 23.2 Å². The summed E-state index contributed by atoms with van der Waals surface area (Å²) in [5, 5.41) is 27.2. The molecule has 0 radical (unpaired) electrons. The fourth-order valence-corrected chi connectivity index (χ4v) is 1.64. The molecule has 0 aromatic heterocycles. The van der Waals surface area contributed by atoms with Crippen LogP contribution in [-0.2, 0) is 4.74 Å². The second-order valence-corrected chi connectivity index (χ2v) is 4.15. The first-order valence-electron chi connectivity index (χ1n) is 3.39. The molecule has 0 aromatic carbocycles. The lowest BCUT2D eigenvalue weighted by molar-refractivity contribution is -0.141. The molecule has 1 aliphatic rings. The number of hydrogen-bond donors (Lipinski definition) is 3. The van der Waals surface area contributed by atoms with Gasteiger partial charge < -0.3 is 20.1 Å². The van der Waals surface area contributed by atoms with E-state index in [-0.39, 0.29) is 10.5 Å². The normalized spacial score (nSPS) is 45.8. The molecule has 1 rings (SSSR count). The molecule has 0 bridgehead atoms. The van der Waals surface area contributed by atoms with Gasteiger partial charge in [0.25, 0.3) is 0 Å². The van der Waals surface area contributed by atoms with Crippen LogP contribution in [-0.4, -0.2) is 50.8 Å². The Morgan fingerprint density at radius 1 is 1.36 bits per heavy atom. The summed E-state index contributed by atoms with van der Waals surface area (Å²) >= 11 is 2.01. The number of aliphatic hydroxyl groups excluding tert-OH is 3. The van der Waals surface area contributed by atoms with E-state index in [1.165, 1.54) is 0 Å². The molecular formula is C6H11IO4. The Bertz CT molecular complexity index is 130. The summed E-state index contributed by atoms with van der Waals surface area (Å²) in [4.78, 5) is 0. The van der Waals surface area contributed by atoms with E-state index >= 15 is 0 Å². The summed E-state index contributed by atoms with van der Waals surface area (Å²) in [5.41, 5.74) is 0. The smallest absolute Gasteiger partial charge is 0.109 e. The van der Waals surface area contributed by atoms with Gasteiger partial charge >= 0.3 is 0 Å². The third kappa shape index (κ3) is 2.03. The topological polar surface area (TPSA) is 69.9 Å². The van der Waals surface area contributed by atoms with E-state index in [2.05, 4.69) is 0 Å². The number of hydrogen-bond acceptors (Lipinski definition) is 4. The fraction of sp³-hybridized carbons (Fsp3) is 1.00. The van der Waals surface area contributed by atoms with Crippen molar-refractivity contribution in [2.24, 2.45) is 0 Å². The number of rotatable bonds is 1. The van der Waals surface area contributed by atoms with Gasteiger partial charge in [0.1, 0.15) is 12.2 Å². The summed E-state index contributed by atoms with van der Waals surface area (Å²) in [6.45, 7) is 0.131. The third-order valence-corrected chi connectivity index (χ3v) is 2.85. The summed E-state index contributed by atoms with van der Waals surface area (Å²) in [6, 6.07) is 0. The molecule has 4 nitrogen and oxygen atoms in total. The van der Waals surface area contributed by atoms with Gasteiger partial charge in [-0.25, -0.2) is 0 Å². The summed E-state index contributed by atoms with van der Waals surface area (Å²) in [5.74, 6) is 0. The van der Waals surface area contributed by atoms with Crippen molar-refractivity contribution in [2.75, 3.05) is 13.2 Å². The van der Waals surface area contributed by atoms with Crippen molar-refractivity contribution in [1.82, 2.24) is 0 Å². The van der Waals surface area contributed by atoms with E-state index in [0.717, 1.165) is 0 Å². The zero-order valence-electron chi connectivity index (χ0n) is 5.85. The molecular weight excluding hydrogens is 263 g/mol. The maximum atomic E-state index is 9.30. The lowest BCUT2D eigenvalue weighted by Crippen LogP contribution is -2.51. The van der Waals surface area contributed by atoms with Crippen LogP contribution in [0.2, 0.25) is 0 Å². The highest BCUT2D eigenvalue weighted by Crippen LogP contribution is 2.20. The third-order valence-electron chi connectivity index (χ3n) is 1.75. The van der Waals surface area contributed by atoms with E-state index in [4.69, 9.17) is 9.84 Å². The zero-order valence-corrected chi connectivity index (χ0v) is 8.01. The minimum Gasteiger partial charge on any atom is -0.394 e. The lowest BCUT2D eigenvalue weighted by Gasteiger charge is -2.34. The van der Waals surface area contributed by atoms with Crippen LogP contribution in [0.3, 0.4) is 0 Å². The average molecular weight is 274 g/mol. The Hall–Kier alpha value is 0.570. The van der Waals surface area contributed by atoms with Crippen LogP contribution in [0.4, 0.5) is 0 Å². The predicted octanol–water partition coefficient (Wildman–Crippen LogP) is -1.10. The van der Waals surface area contributed by atoms with E-state index in [0.29, 0.717) is 6.61 Å². The molecule has 5 heteroatoms. The van der Waals surface area contributed by atoms with Crippen LogP contribution in [0.5, 0.6) is 0 Å². The standard InChI is InChI=1S/C6H11IO4/c7-3-2-11-4(1-8)6(10)5(3)9/h3-6,8-10H,1-2H2. The highest BCUT2D eigenvalue weighted by Gasteiger charge is 2.36. The maximum absolute atomic E-state index is 9.30. The minimum absolute atomic E-state index is 0.0922. The zero-order chi connectivity index (χ0) is 8.43. The van der Waals surface area contributed by atoms with E-state index in [1.807, 2.05) is 22.6 Å². The van der Waals surface area contributed by atoms with E-state index in [1.54, 1.807) is 0 Å². The molecule has 11 heavy (non-hydrogen) atoms. The molecule has 1 fully saturated rings. The summed E-state index contributed by atoms with van der Waals surface area (Å²) in [7, 11) is 0. The Labute approximate surface area is 78.3 Å². The molecule has 3 N–H and O–H groups in total. The first-order chi connectivity index (χ1) is 5.16. The quantitative estimate of drug-likeness (QED) is 0.419. The molecule has 0 aromatic rings. The van der Waals surface area contributed by atoms with Gasteiger partial charge in [0.15, 0.2) is 0 Å².